The summed E-state index contributed by atoms with van der Waals surface area (Å²) in [5.41, 5.74) is 1.20. The molecular weight excluding hydrogens is 316 g/mol. The summed E-state index contributed by atoms with van der Waals surface area (Å²) in [5, 5.41) is 9.21. The molecule has 6 nitrogen and oxygen atoms in total. The van der Waals surface area contributed by atoms with Crippen LogP contribution in [-0.4, -0.2) is 20.6 Å². The molecule has 0 saturated carbocycles. The van der Waals surface area contributed by atoms with Crippen molar-refractivity contribution in [3.05, 3.63) is 59.2 Å². The van der Waals surface area contributed by atoms with Crippen LogP contribution in [0.4, 0.5) is 0 Å². The van der Waals surface area contributed by atoms with Crippen LogP contribution in [0.2, 0.25) is 0 Å². The van der Waals surface area contributed by atoms with Gasteiger partial charge in [-0.3, -0.25) is 4.79 Å². The largest absolute Gasteiger partial charge is 0.456 e. The summed E-state index contributed by atoms with van der Waals surface area (Å²) in [4.78, 5) is 11.8. The molecule has 0 saturated heterocycles. The van der Waals surface area contributed by atoms with E-state index in [0.29, 0.717) is 5.75 Å². The van der Waals surface area contributed by atoms with Gasteiger partial charge in [0, 0.05) is 5.56 Å². The summed E-state index contributed by atoms with van der Waals surface area (Å²) in [6.07, 6.45) is 0.880. The molecule has 2 aromatic carbocycles. The molecule has 7 heteroatoms. The van der Waals surface area contributed by atoms with Crippen LogP contribution < -0.4 is 9.46 Å². The highest BCUT2D eigenvalue weighted by molar-refractivity contribution is 7.89. The molecule has 0 atom stereocenters. The molecule has 1 amide bonds. The Labute approximate surface area is 134 Å². The van der Waals surface area contributed by atoms with Gasteiger partial charge in [-0.1, -0.05) is 12.1 Å². The number of ether oxygens (including phenoxy) is 1. The van der Waals surface area contributed by atoms with Crippen molar-refractivity contribution in [2.75, 3.05) is 6.26 Å². The van der Waals surface area contributed by atoms with E-state index in [1.807, 2.05) is 35.9 Å². The first-order valence-corrected chi connectivity index (χ1v) is 8.48. The van der Waals surface area contributed by atoms with E-state index in [9.17, 15) is 18.5 Å². The number of hydrogen-bond donors (Lipinski definition) is 1. The summed E-state index contributed by atoms with van der Waals surface area (Å²) < 4.78 is 29.7. The number of rotatable bonds is 4. The number of carbonyl (C=O) groups excluding carboxylic acids is 1. The molecule has 0 aliphatic rings. The van der Waals surface area contributed by atoms with Crippen LogP contribution in [0, 0.1) is 18.3 Å². The number of benzene rings is 2. The van der Waals surface area contributed by atoms with Gasteiger partial charge in [-0.25, -0.2) is 13.1 Å². The van der Waals surface area contributed by atoms with Gasteiger partial charge in [0.25, 0.3) is 5.91 Å². The number of aryl methyl sites for hydroxylation is 1. The summed E-state index contributed by atoms with van der Waals surface area (Å²) in [5.74, 6) is 0.0509. The average Bonchev–Trinajstić information content (AvgIpc) is 2.46. The summed E-state index contributed by atoms with van der Waals surface area (Å²) in [6, 6.07) is 13.4. The fourth-order valence-corrected chi connectivity index (χ4v) is 2.34. The minimum absolute atomic E-state index is 0.0589. The van der Waals surface area contributed by atoms with Gasteiger partial charge in [-0.05, 0) is 42.8 Å². The number of sulfonamides is 1. The highest BCUT2D eigenvalue weighted by atomic mass is 32.2. The van der Waals surface area contributed by atoms with Crippen molar-refractivity contribution < 1.29 is 17.9 Å². The fourth-order valence-electron chi connectivity index (χ4n) is 1.88. The smallest absolute Gasteiger partial charge is 0.264 e. The summed E-state index contributed by atoms with van der Waals surface area (Å²) in [7, 11) is -3.67. The van der Waals surface area contributed by atoms with Crippen molar-refractivity contribution >= 4 is 15.9 Å². The van der Waals surface area contributed by atoms with Gasteiger partial charge >= 0.3 is 0 Å². The van der Waals surface area contributed by atoms with Crippen molar-refractivity contribution in [1.29, 1.82) is 5.26 Å². The second kappa shape index (κ2) is 6.50. The minimum atomic E-state index is -3.67. The number of nitrogens with one attached hydrogen (secondary N) is 1. The molecule has 2 aromatic rings. The lowest BCUT2D eigenvalue weighted by Crippen LogP contribution is -2.29. The van der Waals surface area contributed by atoms with E-state index in [1.54, 1.807) is 6.07 Å². The van der Waals surface area contributed by atoms with Crippen LogP contribution in [0.15, 0.2) is 42.5 Å². The Morgan fingerprint density at radius 1 is 1.22 bits per heavy atom. The second-order valence-electron chi connectivity index (χ2n) is 4.94. The summed E-state index contributed by atoms with van der Waals surface area (Å²) in [6.45, 7) is 1.91. The number of nitriles is 1. The predicted octanol–water partition coefficient (Wildman–Crippen LogP) is 2.35. The highest BCUT2D eigenvalue weighted by Crippen LogP contribution is 2.26. The molecule has 1 N–H and O–H groups in total. The van der Waals surface area contributed by atoms with E-state index in [-0.39, 0.29) is 16.9 Å². The van der Waals surface area contributed by atoms with Crippen LogP contribution in [0.5, 0.6) is 11.5 Å². The van der Waals surface area contributed by atoms with E-state index >= 15 is 0 Å². The first kappa shape index (κ1) is 16.5. The van der Waals surface area contributed by atoms with Crippen LogP contribution in [0.25, 0.3) is 0 Å². The number of nitrogens with zero attached hydrogens (tertiary/aromatic N) is 1. The number of hydrogen-bond acceptors (Lipinski definition) is 5. The Kier molecular flexibility index (Phi) is 4.67. The Balaban J connectivity index is 2.30. The van der Waals surface area contributed by atoms with E-state index in [2.05, 4.69) is 0 Å². The van der Waals surface area contributed by atoms with Crippen LogP contribution in [0.1, 0.15) is 21.5 Å². The van der Waals surface area contributed by atoms with Crippen molar-refractivity contribution in [3.8, 4) is 17.6 Å². The van der Waals surface area contributed by atoms with Gasteiger partial charge in [-0.15, -0.1) is 0 Å². The summed E-state index contributed by atoms with van der Waals surface area (Å²) >= 11 is 0. The van der Waals surface area contributed by atoms with Crippen LogP contribution in [0.3, 0.4) is 0 Å². The zero-order valence-electron chi connectivity index (χ0n) is 12.5. The Hall–Kier alpha value is -2.85. The Morgan fingerprint density at radius 3 is 2.57 bits per heavy atom. The third-order valence-corrected chi connectivity index (χ3v) is 3.41. The molecule has 0 heterocycles. The van der Waals surface area contributed by atoms with E-state index < -0.39 is 15.9 Å². The number of amides is 1. The maximum Gasteiger partial charge on any atom is 0.264 e. The van der Waals surface area contributed by atoms with Crippen molar-refractivity contribution in [2.45, 2.75) is 6.92 Å². The fraction of sp³-hybridized carbons (Fsp3) is 0.125. The molecule has 0 aliphatic heterocycles. The van der Waals surface area contributed by atoms with Gasteiger partial charge in [0.2, 0.25) is 10.0 Å². The molecular formula is C16H14N2O4S. The Bertz CT molecular complexity index is 899. The molecule has 0 fully saturated rings. The number of carbonyl (C=O) groups is 1. The average molecular weight is 330 g/mol. The zero-order valence-corrected chi connectivity index (χ0v) is 13.3. The Morgan fingerprint density at radius 2 is 1.96 bits per heavy atom. The van der Waals surface area contributed by atoms with Gasteiger partial charge in [0.1, 0.15) is 17.6 Å². The maximum absolute atomic E-state index is 11.8. The first-order chi connectivity index (χ1) is 10.8. The van der Waals surface area contributed by atoms with Gasteiger partial charge in [0.15, 0.2) is 0 Å². The molecule has 0 unspecified atom stereocenters. The van der Waals surface area contributed by atoms with E-state index in [0.717, 1.165) is 11.8 Å². The normalized spacial score (nSPS) is 10.7. The van der Waals surface area contributed by atoms with Crippen LogP contribution in [-0.2, 0) is 10.0 Å². The lowest BCUT2D eigenvalue weighted by molar-refractivity contribution is 0.0981. The zero-order chi connectivity index (χ0) is 17.0. The third kappa shape index (κ3) is 4.56. The first-order valence-electron chi connectivity index (χ1n) is 6.59. The van der Waals surface area contributed by atoms with Gasteiger partial charge in [-0.2, -0.15) is 5.26 Å². The maximum atomic E-state index is 11.8. The van der Waals surface area contributed by atoms with Crippen molar-refractivity contribution in [2.24, 2.45) is 0 Å². The van der Waals surface area contributed by atoms with Crippen LogP contribution >= 0.6 is 0 Å². The lowest BCUT2D eigenvalue weighted by atomic mass is 10.1. The van der Waals surface area contributed by atoms with Crippen molar-refractivity contribution in [3.63, 3.8) is 0 Å². The third-order valence-electron chi connectivity index (χ3n) is 2.86. The standard InChI is InChI=1S/C16H14N2O4S/c1-11-4-3-5-14(8-11)22-15-7-6-12(9-13(15)10-17)16(19)18-23(2,20)21/h3-9H,1-2H3,(H,18,19). The molecule has 23 heavy (non-hydrogen) atoms. The molecule has 0 aromatic heterocycles. The van der Waals surface area contributed by atoms with E-state index in [1.165, 1.54) is 18.2 Å². The topological polar surface area (TPSA) is 96.3 Å². The molecule has 0 bridgehead atoms. The van der Waals surface area contributed by atoms with E-state index in [4.69, 9.17) is 4.74 Å². The SMILES string of the molecule is Cc1cccc(Oc2ccc(C(=O)NS(C)(=O)=O)cc2C#N)c1. The second-order valence-corrected chi connectivity index (χ2v) is 6.69. The van der Waals surface area contributed by atoms with Gasteiger partial charge in [0.05, 0.1) is 11.8 Å². The molecule has 0 radical (unpaired) electrons. The highest BCUT2D eigenvalue weighted by Gasteiger charge is 2.14. The van der Waals surface area contributed by atoms with Gasteiger partial charge < -0.3 is 4.74 Å². The quantitative estimate of drug-likeness (QED) is 0.928. The molecule has 0 aliphatic carbocycles. The predicted molar refractivity (Wildman–Crippen MR) is 84.7 cm³/mol. The molecule has 118 valence electrons. The lowest BCUT2D eigenvalue weighted by Gasteiger charge is -2.09. The molecule has 2 rings (SSSR count). The molecule has 0 spiro atoms. The monoisotopic (exact) mass is 330 g/mol. The minimum Gasteiger partial charge on any atom is -0.456 e. The van der Waals surface area contributed by atoms with Crippen molar-refractivity contribution in [1.82, 2.24) is 4.72 Å².